The van der Waals surface area contributed by atoms with Crippen LogP contribution in [0.5, 0.6) is 5.75 Å². The van der Waals surface area contributed by atoms with Crippen molar-refractivity contribution in [2.24, 2.45) is 0 Å². The molecule has 1 saturated heterocycles. The van der Waals surface area contributed by atoms with Crippen LogP contribution in [0.1, 0.15) is 24.0 Å². The van der Waals surface area contributed by atoms with Crippen LogP contribution in [-0.2, 0) is 11.4 Å². The number of nitrogens with zero attached hydrogens (tertiary/aromatic N) is 2. The standard InChI is InChI=1S/C21H20N2O2/c22-15-19(21(24)23-12-6-7-13-23)14-18-10-4-5-11-20(18)25-16-17-8-2-1-3-9-17/h1-5,8-11,14H,6-7,12-13,16H2/b19-14+. The fraction of sp³-hybridized carbons (Fsp3) is 0.238. The number of ether oxygens (including phenoxy) is 1. The largest absolute Gasteiger partial charge is 0.488 e. The summed E-state index contributed by atoms with van der Waals surface area (Å²) in [4.78, 5) is 14.2. The van der Waals surface area contributed by atoms with Crippen LogP contribution in [0.25, 0.3) is 6.08 Å². The van der Waals surface area contributed by atoms with E-state index < -0.39 is 0 Å². The van der Waals surface area contributed by atoms with E-state index in [1.165, 1.54) is 0 Å². The molecule has 1 aliphatic heterocycles. The summed E-state index contributed by atoms with van der Waals surface area (Å²) in [5.74, 6) is 0.464. The monoisotopic (exact) mass is 332 g/mol. The number of carbonyl (C=O) groups is 1. The summed E-state index contributed by atoms with van der Waals surface area (Å²) in [5, 5.41) is 9.41. The Hall–Kier alpha value is -3.06. The van der Waals surface area contributed by atoms with Gasteiger partial charge in [0.1, 0.15) is 24.0 Å². The van der Waals surface area contributed by atoms with Crippen molar-refractivity contribution < 1.29 is 9.53 Å². The summed E-state index contributed by atoms with van der Waals surface area (Å²) in [6, 6.07) is 19.4. The maximum Gasteiger partial charge on any atom is 0.264 e. The molecule has 0 N–H and O–H groups in total. The lowest BCUT2D eigenvalue weighted by molar-refractivity contribution is -0.125. The zero-order chi connectivity index (χ0) is 17.5. The fourth-order valence-electron chi connectivity index (χ4n) is 2.85. The number of para-hydroxylation sites is 1. The number of amides is 1. The molecule has 0 atom stereocenters. The molecule has 1 aliphatic rings. The van der Waals surface area contributed by atoms with Crippen LogP contribution >= 0.6 is 0 Å². The molecule has 0 spiro atoms. The van der Waals surface area contributed by atoms with Gasteiger partial charge >= 0.3 is 0 Å². The molecule has 1 fully saturated rings. The van der Waals surface area contributed by atoms with Gasteiger partial charge in [-0.05, 0) is 30.5 Å². The number of rotatable bonds is 5. The predicted octanol–water partition coefficient (Wildman–Crippen LogP) is 3.79. The van der Waals surface area contributed by atoms with Gasteiger partial charge in [0.2, 0.25) is 0 Å². The summed E-state index contributed by atoms with van der Waals surface area (Å²) in [5.41, 5.74) is 1.95. The van der Waals surface area contributed by atoms with E-state index in [1.54, 1.807) is 11.0 Å². The SMILES string of the molecule is N#C/C(=C\c1ccccc1OCc1ccccc1)C(=O)N1CCCC1. The number of benzene rings is 2. The van der Waals surface area contributed by atoms with Gasteiger partial charge in [-0.2, -0.15) is 5.26 Å². The Morgan fingerprint density at radius 2 is 1.76 bits per heavy atom. The van der Waals surface area contributed by atoms with Crippen molar-refractivity contribution in [1.82, 2.24) is 4.90 Å². The van der Waals surface area contributed by atoms with E-state index in [0.29, 0.717) is 12.4 Å². The van der Waals surface area contributed by atoms with Gasteiger partial charge in [-0.3, -0.25) is 4.79 Å². The highest BCUT2D eigenvalue weighted by Gasteiger charge is 2.21. The Morgan fingerprint density at radius 1 is 1.08 bits per heavy atom. The molecule has 2 aromatic rings. The fourth-order valence-corrected chi connectivity index (χ4v) is 2.85. The highest BCUT2D eigenvalue weighted by atomic mass is 16.5. The summed E-state index contributed by atoms with van der Waals surface area (Å²) < 4.78 is 5.89. The van der Waals surface area contributed by atoms with Crippen LogP contribution in [0.2, 0.25) is 0 Å². The van der Waals surface area contributed by atoms with Crippen molar-refractivity contribution in [3.05, 3.63) is 71.3 Å². The van der Waals surface area contributed by atoms with E-state index in [2.05, 4.69) is 0 Å². The van der Waals surface area contributed by atoms with Crippen molar-refractivity contribution in [1.29, 1.82) is 5.26 Å². The number of likely N-dealkylation sites (tertiary alicyclic amines) is 1. The second-order valence-corrected chi connectivity index (χ2v) is 5.98. The molecule has 25 heavy (non-hydrogen) atoms. The topological polar surface area (TPSA) is 53.3 Å². The number of nitriles is 1. The first kappa shape index (κ1) is 16.8. The van der Waals surface area contributed by atoms with E-state index in [1.807, 2.05) is 60.7 Å². The number of hydrogen-bond donors (Lipinski definition) is 0. The smallest absolute Gasteiger partial charge is 0.264 e. The molecule has 1 heterocycles. The van der Waals surface area contributed by atoms with E-state index in [4.69, 9.17) is 4.74 Å². The molecular formula is C21H20N2O2. The minimum atomic E-state index is -0.196. The van der Waals surface area contributed by atoms with Crippen molar-refractivity contribution in [2.75, 3.05) is 13.1 Å². The molecule has 0 aliphatic carbocycles. The zero-order valence-corrected chi connectivity index (χ0v) is 14.0. The second-order valence-electron chi connectivity index (χ2n) is 5.98. The maximum atomic E-state index is 12.5. The molecule has 126 valence electrons. The summed E-state index contributed by atoms with van der Waals surface area (Å²) in [7, 11) is 0. The third-order valence-corrected chi connectivity index (χ3v) is 4.20. The van der Waals surface area contributed by atoms with Gasteiger partial charge < -0.3 is 9.64 Å². The van der Waals surface area contributed by atoms with Gasteiger partial charge in [0.05, 0.1) is 0 Å². The third-order valence-electron chi connectivity index (χ3n) is 4.20. The average Bonchev–Trinajstić information content (AvgIpc) is 3.20. The summed E-state index contributed by atoms with van der Waals surface area (Å²) >= 11 is 0. The van der Waals surface area contributed by atoms with Crippen LogP contribution < -0.4 is 4.74 Å². The first-order chi connectivity index (χ1) is 12.3. The van der Waals surface area contributed by atoms with Crippen LogP contribution in [0.4, 0.5) is 0 Å². The molecule has 0 saturated carbocycles. The quantitative estimate of drug-likeness (QED) is 0.618. The lowest BCUT2D eigenvalue weighted by Crippen LogP contribution is -2.28. The molecule has 2 aromatic carbocycles. The van der Waals surface area contributed by atoms with Crippen LogP contribution in [-0.4, -0.2) is 23.9 Å². The predicted molar refractivity (Wildman–Crippen MR) is 96.6 cm³/mol. The summed E-state index contributed by atoms with van der Waals surface area (Å²) in [6.07, 6.45) is 3.63. The minimum Gasteiger partial charge on any atom is -0.488 e. The molecule has 3 rings (SSSR count). The molecular weight excluding hydrogens is 312 g/mol. The highest BCUT2D eigenvalue weighted by Crippen LogP contribution is 2.23. The Kier molecular flexibility index (Phi) is 5.48. The first-order valence-corrected chi connectivity index (χ1v) is 8.45. The summed E-state index contributed by atoms with van der Waals surface area (Å²) in [6.45, 7) is 1.89. The van der Waals surface area contributed by atoms with Crippen molar-refractivity contribution in [3.8, 4) is 11.8 Å². The average molecular weight is 332 g/mol. The van der Waals surface area contributed by atoms with E-state index >= 15 is 0 Å². The number of carbonyl (C=O) groups excluding carboxylic acids is 1. The maximum absolute atomic E-state index is 12.5. The van der Waals surface area contributed by atoms with Gasteiger partial charge in [0.25, 0.3) is 5.91 Å². The van der Waals surface area contributed by atoms with E-state index in [9.17, 15) is 10.1 Å². The van der Waals surface area contributed by atoms with Gasteiger partial charge in [-0.25, -0.2) is 0 Å². The normalized spacial score (nSPS) is 14.2. The van der Waals surface area contributed by atoms with Crippen molar-refractivity contribution >= 4 is 12.0 Å². The van der Waals surface area contributed by atoms with Gasteiger partial charge in [0.15, 0.2) is 0 Å². The van der Waals surface area contributed by atoms with E-state index in [-0.39, 0.29) is 11.5 Å². The molecule has 0 bridgehead atoms. The zero-order valence-electron chi connectivity index (χ0n) is 14.0. The third kappa shape index (κ3) is 4.27. The number of hydrogen-bond acceptors (Lipinski definition) is 3. The van der Waals surface area contributed by atoms with Crippen molar-refractivity contribution in [2.45, 2.75) is 19.4 Å². The first-order valence-electron chi connectivity index (χ1n) is 8.45. The molecule has 0 radical (unpaired) electrons. The highest BCUT2D eigenvalue weighted by molar-refractivity contribution is 6.02. The lowest BCUT2D eigenvalue weighted by Gasteiger charge is -2.14. The molecule has 0 aromatic heterocycles. The van der Waals surface area contributed by atoms with Crippen LogP contribution in [0, 0.1) is 11.3 Å². The Bertz CT molecular complexity index is 800. The van der Waals surface area contributed by atoms with Gasteiger partial charge in [-0.15, -0.1) is 0 Å². The Balaban J connectivity index is 1.79. The Labute approximate surface area is 148 Å². The van der Waals surface area contributed by atoms with Gasteiger partial charge in [0, 0.05) is 18.7 Å². The van der Waals surface area contributed by atoms with Crippen LogP contribution in [0.15, 0.2) is 60.2 Å². The second kappa shape index (κ2) is 8.16. The van der Waals surface area contributed by atoms with Crippen LogP contribution in [0.3, 0.4) is 0 Å². The Morgan fingerprint density at radius 3 is 2.48 bits per heavy atom. The lowest BCUT2D eigenvalue weighted by atomic mass is 10.1. The molecule has 0 unspecified atom stereocenters. The van der Waals surface area contributed by atoms with Crippen molar-refractivity contribution in [3.63, 3.8) is 0 Å². The molecule has 4 nitrogen and oxygen atoms in total. The van der Waals surface area contributed by atoms with Gasteiger partial charge in [-0.1, -0.05) is 48.5 Å². The molecule has 4 heteroatoms. The molecule has 1 amide bonds. The minimum absolute atomic E-state index is 0.151. The van der Waals surface area contributed by atoms with E-state index in [0.717, 1.165) is 37.1 Å².